The number of benzene rings is 2. The number of hydrogen-bond donors (Lipinski definition) is 0. The van der Waals surface area contributed by atoms with E-state index < -0.39 is 22.0 Å². The molecule has 142 valence electrons. The Morgan fingerprint density at radius 3 is 2.63 bits per heavy atom. The summed E-state index contributed by atoms with van der Waals surface area (Å²) in [5.74, 6) is 0.712. The van der Waals surface area contributed by atoms with Gasteiger partial charge in [-0.05, 0) is 49.2 Å². The minimum atomic E-state index is -3.82. The van der Waals surface area contributed by atoms with Gasteiger partial charge in [0.1, 0.15) is 11.8 Å². The van der Waals surface area contributed by atoms with Gasteiger partial charge in [0.25, 0.3) is 0 Å². The summed E-state index contributed by atoms with van der Waals surface area (Å²) in [5.41, 5.74) is 0. The number of halogens is 1. The number of rotatable bonds is 4. The van der Waals surface area contributed by atoms with E-state index >= 15 is 0 Å². The van der Waals surface area contributed by atoms with Gasteiger partial charge in [-0.25, -0.2) is 13.2 Å². The van der Waals surface area contributed by atoms with Crippen molar-refractivity contribution in [1.29, 1.82) is 0 Å². The summed E-state index contributed by atoms with van der Waals surface area (Å²) in [6, 6.07) is 9.76. The molecule has 4 rings (SSSR count). The minimum Gasteiger partial charge on any atom is -0.454 e. The Balaban J connectivity index is 1.54. The van der Waals surface area contributed by atoms with Gasteiger partial charge in [-0.2, -0.15) is 4.31 Å². The van der Waals surface area contributed by atoms with Gasteiger partial charge in [0.15, 0.2) is 11.5 Å². The Labute approximate surface area is 161 Å². The normalized spacial score (nSPS) is 19.2. The third-order valence-electron chi connectivity index (χ3n) is 4.46. The van der Waals surface area contributed by atoms with Crippen molar-refractivity contribution in [2.24, 2.45) is 0 Å². The number of hydrogen-bond acceptors (Lipinski definition) is 6. The molecule has 0 radical (unpaired) electrons. The van der Waals surface area contributed by atoms with Crippen molar-refractivity contribution in [2.75, 3.05) is 13.3 Å². The third-order valence-corrected chi connectivity index (χ3v) is 6.63. The van der Waals surface area contributed by atoms with Gasteiger partial charge in [-0.3, -0.25) is 0 Å². The number of ether oxygens (including phenoxy) is 3. The highest BCUT2D eigenvalue weighted by Crippen LogP contribution is 2.36. The summed E-state index contributed by atoms with van der Waals surface area (Å²) < 4.78 is 42.9. The predicted octanol–water partition coefficient (Wildman–Crippen LogP) is 2.83. The molecule has 2 aliphatic heterocycles. The average molecular weight is 410 g/mol. The number of carbonyl (C=O) groups is 1. The first kappa shape index (κ1) is 18.1. The summed E-state index contributed by atoms with van der Waals surface area (Å²) in [4.78, 5) is 12.7. The zero-order valence-electron chi connectivity index (χ0n) is 14.1. The molecule has 7 nitrogen and oxygen atoms in total. The number of fused-ring (bicyclic) bond motifs is 1. The SMILES string of the molecule is O=C(Oc1ccc2c(c1)OCO2)C1CCCN1S(=O)(=O)c1ccc(Cl)cc1. The van der Waals surface area contributed by atoms with Gasteiger partial charge in [-0.15, -0.1) is 0 Å². The fourth-order valence-electron chi connectivity index (χ4n) is 3.13. The van der Waals surface area contributed by atoms with Gasteiger partial charge in [0.05, 0.1) is 4.90 Å². The van der Waals surface area contributed by atoms with Crippen LogP contribution in [-0.4, -0.2) is 38.1 Å². The second kappa shape index (κ2) is 7.03. The summed E-state index contributed by atoms with van der Waals surface area (Å²) >= 11 is 5.83. The fraction of sp³-hybridized carbons (Fsp3) is 0.278. The van der Waals surface area contributed by atoms with Crippen molar-refractivity contribution < 1.29 is 27.4 Å². The second-order valence-corrected chi connectivity index (χ2v) is 8.49. The lowest BCUT2D eigenvalue weighted by Crippen LogP contribution is -2.42. The molecule has 2 aromatic rings. The van der Waals surface area contributed by atoms with E-state index in [-0.39, 0.29) is 24.0 Å². The van der Waals surface area contributed by atoms with Crippen LogP contribution in [0, 0.1) is 0 Å². The molecule has 0 bridgehead atoms. The Morgan fingerprint density at radius 1 is 1.11 bits per heavy atom. The van der Waals surface area contributed by atoms with E-state index in [2.05, 4.69) is 0 Å². The lowest BCUT2D eigenvalue weighted by molar-refractivity contribution is -0.137. The monoisotopic (exact) mass is 409 g/mol. The highest BCUT2D eigenvalue weighted by Gasteiger charge is 2.40. The van der Waals surface area contributed by atoms with E-state index in [0.29, 0.717) is 29.4 Å². The molecular formula is C18H16ClNO6S. The summed E-state index contributed by atoms with van der Waals surface area (Å²) in [6.45, 7) is 0.369. The van der Waals surface area contributed by atoms with Crippen LogP contribution in [-0.2, 0) is 14.8 Å². The maximum absolute atomic E-state index is 12.9. The fourth-order valence-corrected chi connectivity index (χ4v) is 4.90. The molecule has 0 amide bonds. The van der Waals surface area contributed by atoms with Crippen LogP contribution in [0.2, 0.25) is 5.02 Å². The van der Waals surface area contributed by atoms with Crippen LogP contribution in [0.5, 0.6) is 17.2 Å². The average Bonchev–Trinajstić information content (AvgIpc) is 3.31. The van der Waals surface area contributed by atoms with Crippen LogP contribution in [0.4, 0.5) is 0 Å². The van der Waals surface area contributed by atoms with Crippen molar-refractivity contribution in [3.8, 4) is 17.2 Å². The Morgan fingerprint density at radius 2 is 1.85 bits per heavy atom. The van der Waals surface area contributed by atoms with Gasteiger partial charge >= 0.3 is 5.97 Å². The Bertz CT molecular complexity index is 976. The van der Waals surface area contributed by atoms with Gasteiger partial charge in [-0.1, -0.05) is 11.6 Å². The van der Waals surface area contributed by atoms with E-state index in [1.807, 2.05) is 0 Å². The predicted molar refractivity (Wildman–Crippen MR) is 96.6 cm³/mol. The highest BCUT2D eigenvalue weighted by molar-refractivity contribution is 7.89. The van der Waals surface area contributed by atoms with E-state index in [1.165, 1.54) is 28.6 Å². The minimum absolute atomic E-state index is 0.0923. The van der Waals surface area contributed by atoms with Crippen LogP contribution in [0.25, 0.3) is 0 Å². The highest BCUT2D eigenvalue weighted by atomic mass is 35.5. The van der Waals surface area contributed by atoms with Crippen molar-refractivity contribution in [1.82, 2.24) is 4.31 Å². The van der Waals surface area contributed by atoms with Gasteiger partial charge in [0, 0.05) is 17.6 Å². The van der Waals surface area contributed by atoms with Gasteiger partial charge in [0.2, 0.25) is 16.8 Å². The molecule has 0 aliphatic carbocycles. The van der Waals surface area contributed by atoms with Crippen molar-refractivity contribution in [3.63, 3.8) is 0 Å². The molecule has 0 aromatic heterocycles. The second-order valence-electron chi connectivity index (χ2n) is 6.16. The summed E-state index contributed by atoms with van der Waals surface area (Å²) in [7, 11) is -3.82. The van der Waals surface area contributed by atoms with Crippen molar-refractivity contribution >= 4 is 27.6 Å². The first-order valence-electron chi connectivity index (χ1n) is 8.34. The molecule has 0 saturated carbocycles. The molecular weight excluding hydrogens is 394 g/mol. The summed E-state index contributed by atoms with van der Waals surface area (Å²) in [6.07, 6.45) is 0.976. The molecule has 2 heterocycles. The number of carbonyl (C=O) groups excluding carboxylic acids is 1. The lowest BCUT2D eigenvalue weighted by Gasteiger charge is -2.22. The molecule has 2 aromatic carbocycles. The van der Waals surface area contributed by atoms with Crippen molar-refractivity contribution in [3.05, 3.63) is 47.5 Å². The van der Waals surface area contributed by atoms with Crippen LogP contribution < -0.4 is 14.2 Å². The van der Waals surface area contributed by atoms with E-state index in [4.69, 9.17) is 25.8 Å². The Hall–Kier alpha value is -2.29. The van der Waals surface area contributed by atoms with Gasteiger partial charge < -0.3 is 14.2 Å². The molecule has 9 heteroatoms. The zero-order chi connectivity index (χ0) is 19.0. The number of nitrogens with zero attached hydrogens (tertiary/aromatic N) is 1. The van der Waals surface area contributed by atoms with Crippen LogP contribution in [0.15, 0.2) is 47.4 Å². The lowest BCUT2D eigenvalue weighted by atomic mass is 10.2. The first-order valence-corrected chi connectivity index (χ1v) is 10.2. The molecule has 2 aliphatic rings. The molecule has 1 atom stereocenters. The van der Waals surface area contributed by atoms with E-state index in [0.717, 1.165) is 0 Å². The smallest absolute Gasteiger partial charge is 0.329 e. The number of sulfonamides is 1. The van der Waals surface area contributed by atoms with E-state index in [9.17, 15) is 13.2 Å². The van der Waals surface area contributed by atoms with Crippen molar-refractivity contribution in [2.45, 2.75) is 23.8 Å². The molecule has 1 unspecified atom stereocenters. The zero-order valence-corrected chi connectivity index (χ0v) is 15.7. The quantitative estimate of drug-likeness (QED) is 0.570. The molecule has 1 fully saturated rings. The first-order chi connectivity index (χ1) is 12.9. The Kier molecular flexibility index (Phi) is 4.71. The maximum Gasteiger partial charge on any atom is 0.329 e. The largest absolute Gasteiger partial charge is 0.454 e. The topological polar surface area (TPSA) is 82.1 Å². The third kappa shape index (κ3) is 3.47. The number of esters is 1. The molecule has 0 N–H and O–H groups in total. The van der Waals surface area contributed by atoms with Crippen LogP contribution in [0.1, 0.15) is 12.8 Å². The summed E-state index contributed by atoms with van der Waals surface area (Å²) in [5, 5.41) is 0.439. The molecule has 0 spiro atoms. The standard InChI is InChI=1S/C18H16ClNO6S/c19-12-3-6-14(7-4-12)27(22,23)20-9-1-2-15(20)18(21)26-13-5-8-16-17(10-13)25-11-24-16/h3-8,10,15H,1-2,9,11H2. The van der Waals surface area contributed by atoms with Crippen LogP contribution >= 0.6 is 11.6 Å². The molecule has 27 heavy (non-hydrogen) atoms. The molecule has 1 saturated heterocycles. The van der Waals surface area contributed by atoms with Crippen LogP contribution in [0.3, 0.4) is 0 Å². The maximum atomic E-state index is 12.9. The van der Waals surface area contributed by atoms with E-state index in [1.54, 1.807) is 18.2 Å².